The first kappa shape index (κ1) is 58.2. The highest BCUT2D eigenvalue weighted by Crippen LogP contribution is 2.28. The molecule has 5 atom stereocenters. The highest BCUT2D eigenvalue weighted by molar-refractivity contribution is 5.95. The Labute approximate surface area is 365 Å². The van der Waals surface area contributed by atoms with Crippen LogP contribution in [0.5, 0.6) is 5.75 Å². The molecule has 0 radical (unpaired) electrons. The molecule has 1 heterocycles. The third kappa shape index (κ3) is 19.4. The van der Waals surface area contributed by atoms with E-state index in [1.807, 2.05) is 24.3 Å². The van der Waals surface area contributed by atoms with Crippen LogP contribution in [-0.4, -0.2) is 97.6 Å². The minimum Gasteiger partial charge on any atom is -0.508 e. The van der Waals surface area contributed by atoms with Gasteiger partial charge < -0.3 is 60.4 Å². The zero-order valence-corrected chi connectivity index (χ0v) is 35.8. The summed E-state index contributed by atoms with van der Waals surface area (Å²) in [7, 11) is 0. The van der Waals surface area contributed by atoms with Crippen molar-refractivity contribution >= 4 is 91.6 Å². The number of phenols is 1. The molecular weight excluding hydrogens is 846 g/mol. The van der Waals surface area contributed by atoms with Crippen molar-refractivity contribution < 1.29 is 29.1 Å². The lowest BCUT2D eigenvalue weighted by Gasteiger charge is -2.27. The summed E-state index contributed by atoms with van der Waals surface area (Å²) in [6.45, 7) is 1.43. The summed E-state index contributed by atoms with van der Waals surface area (Å²) in [6.07, 6.45) is 2.22. The van der Waals surface area contributed by atoms with Crippen LogP contribution in [0.2, 0.25) is 0 Å². The van der Waals surface area contributed by atoms with E-state index in [0.29, 0.717) is 49.9 Å². The summed E-state index contributed by atoms with van der Waals surface area (Å²) >= 11 is 0. The zero-order valence-electron chi connectivity index (χ0n) is 31.7. The molecule has 0 aliphatic carbocycles. The zero-order chi connectivity index (χ0) is 38.0. The van der Waals surface area contributed by atoms with Crippen LogP contribution in [0.15, 0.2) is 42.5 Å². The first-order chi connectivity index (χ1) is 25.0. The van der Waals surface area contributed by atoms with Crippen LogP contribution < -0.4 is 55.3 Å². The van der Waals surface area contributed by atoms with Gasteiger partial charge in [0.1, 0.15) is 23.9 Å². The molecule has 5 amide bonds. The molecule has 21 heteroatoms. The van der Waals surface area contributed by atoms with Gasteiger partial charge in [0.25, 0.3) is 0 Å². The molecule has 1 aliphatic rings. The Morgan fingerprint density at radius 1 is 0.772 bits per heavy atom. The molecule has 0 fully saturated rings. The van der Waals surface area contributed by atoms with Crippen molar-refractivity contribution in [3.8, 4) is 16.9 Å². The molecule has 0 saturated carbocycles. The fourth-order valence-electron chi connectivity index (χ4n) is 5.98. The van der Waals surface area contributed by atoms with E-state index in [1.54, 1.807) is 12.1 Å². The Morgan fingerprint density at radius 2 is 1.42 bits per heavy atom. The second-order valence-corrected chi connectivity index (χ2v) is 13.1. The average Bonchev–Trinajstić information content (AvgIpc) is 3.13. The first-order valence-electron chi connectivity index (χ1n) is 17.9. The van der Waals surface area contributed by atoms with Gasteiger partial charge in [-0.25, -0.2) is 0 Å². The van der Waals surface area contributed by atoms with E-state index in [1.165, 1.54) is 6.07 Å². The van der Waals surface area contributed by atoms with Crippen molar-refractivity contribution in [2.45, 2.75) is 88.0 Å². The van der Waals surface area contributed by atoms with Gasteiger partial charge in [-0.2, -0.15) is 0 Å². The van der Waals surface area contributed by atoms with Gasteiger partial charge in [0.15, 0.2) is 0 Å². The number of rotatable bonds is 17. The van der Waals surface area contributed by atoms with E-state index in [9.17, 15) is 29.1 Å². The number of carbonyl (C=O) groups is 5. The lowest BCUT2D eigenvalue weighted by molar-refractivity contribution is -0.134. The van der Waals surface area contributed by atoms with Gasteiger partial charge in [-0.15, -0.1) is 62.0 Å². The van der Waals surface area contributed by atoms with Crippen LogP contribution in [0.3, 0.4) is 0 Å². The van der Waals surface area contributed by atoms with Gasteiger partial charge in [-0.05, 0) is 92.5 Å². The summed E-state index contributed by atoms with van der Waals surface area (Å²) in [6, 6.07) is 7.47. The SMILES string of the molecule is Cl.Cl.Cl.Cl.Cl.NCCC[C@@H](CC(=O)NCCN)NC(=O)[C@H](CCCN)NC(=O)[C@@H]1Cc2cccc(c2)-c2ccc(O)c(c2)C[C@H](N)C(=O)N[C@@H](CCCN)C(=O)N1. The smallest absolute Gasteiger partial charge is 0.243 e. The van der Waals surface area contributed by atoms with Gasteiger partial charge in [-0.1, -0.05) is 30.3 Å². The van der Waals surface area contributed by atoms with Crippen molar-refractivity contribution in [2.24, 2.45) is 28.7 Å². The molecule has 3 rings (SSSR count). The lowest BCUT2D eigenvalue weighted by Crippen LogP contribution is -2.59. The third-order valence-electron chi connectivity index (χ3n) is 8.85. The normalized spacial score (nSPS) is 17.2. The van der Waals surface area contributed by atoms with Gasteiger partial charge in [-0.3, -0.25) is 24.0 Å². The number of fused-ring (bicyclic) bond motifs is 5. The standard InChI is InChI=1S/C36H56N10O6.5ClH/c37-12-2-7-26(21-32(48)42-16-15-40)43-34(50)28(8-3-13-38)45-36(52)30-18-22-5-1-6-23(17-22)24-10-11-31(47)25(19-24)20-27(41)33(49)44-29(9-4-14-39)35(51)46-30;;;;;/h1,5-6,10-11,17,19,26-30,47H,2-4,7-9,12-16,18,20-21,37-41H2,(H,42,48)(H,43,50)(H,44,49)(H,45,52)(H,46,51);5*1H/t26-,27-,28-,29-,30-;;;;;/m0...../s1. The number of nitrogens with one attached hydrogen (secondary N) is 5. The maximum Gasteiger partial charge on any atom is 0.243 e. The number of hydrogen-bond acceptors (Lipinski definition) is 11. The quantitative estimate of drug-likeness (QED) is 0.102. The molecular formula is C36H61Cl5N10O6. The number of benzene rings is 2. The topological polar surface area (TPSA) is 296 Å². The Morgan fingerprint density at radius 3 is 2.07 bits per heavy atom. The number of carbonyl (C=O) groups excluding carboxylic acids is 5. The minimum atomic E-state index is -1.17. The predicted octanol–water partition coefficient (Wildman–Crippen LogP) is 0.215. The number of hydrogen-bond donors (Lipinski definition) is 11. The molecule has 57 heavy (non-hydrogen) atoms. The van der Waals surface area contributed by atoms with Crippen molar-refractivity contribution in [1.29, 1.82) is 0 Å². The van der Waals surface area contributed by atoms with Gasteiger partial charge >= 0.3 is 0 Å². The maximum absolute atomic E-state index is 14.1. The van der Waals surface area contributed by atoms with Crippen LogP contribution in [0.1, 0.15) is 56.1 Å². The van der Waals surface area contributed by atoms with Crippen LogP contribution >= 0.6 is 62.0 Å². The van der Waals surface area contributed by atoms with E-state index in [-0.39, 0.29) is 125 Å². The number of halogens is 5. The Hall–Kier alpha value is -3.16. The number of aromatic hydroxyl groups is 1. The Bertz CT molecular complexity index is 1530. The largest absolute Gasteiger partial charge is 0.508 e. The second kappa shape index (κ2) is 30.9. The lowest BCUT2D eigenvalue weighted by atomic mass is 9.96. The van der Waals surface area contributed by atoms with Crippen LogP contribution in [0, 0.1) is 0 Å². The minimum absolute atomic E-state index is 0. The van der Waals surface area contributed by atoms with E-state index in [2.05, 4.69) is 26.6 Å². The third-order valence-corrected chi connectivity index (χ3v) is 8.85. The molecule has 0 unspecified atom stereocenters. The molecule has 0 aromatic heterocycles. The molecule has 16 nitrogen and oxygen atoms in total. The summed E-state index contributed by atoms with van der Waals surface area (Å²) in [4.78, 5) is 67.3. The fourth-order valence-corrected chi connectivity index (χ4v) is 5.98. The average molecular weight is 907 g/mol. The van der Waals surface area contributed by atoms with Crippen molar-refractivity contribution in [1.82, 2.24) is 26.6 Å². The van der Waals surface area contributed by atoms with Gasteiger partial charge in [0.05, 0.1) is 6.04 Å². The molecule has 1 aliphatic heterocycles. The molecule has 0 spiro atoms. The molecule has 16 N–H and O–H groups in total. The predicted molar refractivity (Wildman–Crippen MR) is 234 cm³/mol. The van der Waals surface area contributed by atoms with Crippen LogP contribution in [0.4, 0.5) is 0 Å². The van der Waals surface area contributed by atoms with Gasteiger partial charge in [0, 0.05) is 38.4 Å². The van der Waals surface area contributed by atoms with Crippen molar-refractivity contribution in [3.63, 3.8) is 0 Å². The molecule has 2 aromatic carbocycles. The molecule has 4 bridgehead atoms. The first-order valence-corrected chi connectivity index (χ1v) is 17.9. The summed E-state index contributed by atoms with van der Waals surface area (Å²) in [5.74, 6) is -2.68. The van der Waals surface area contributed by atoms with E-state index in [4.69, 9.17) is 28.7 Å². The van der Waals surface area contributed by atoms with Crippen LogP contribution in [-0.2, 0) is 36.8 Å². The van der Waals surface area contributed by atoms with E-state index < -0.39 is 53.8 Å². The highest BCUT2D eigenvalue weighted by Gasteiger charge is 2.32. The van der Waals surface area contributed by atoms with Crippen molar-refractivity contribution in [2.75, 3.05) is 32.7 Å². The monoisotopic (exact) mass is 904 g/mol. The van der Waals surface area contributed by atoms with E-state index in [0.717, 1.165) is 11.1 Å². The summed E-state index contributed by atoms with van der Waals surface area (Å²) in [5, 5.41) is 24.5. The number of nitrogens with two attached hydrogens (primary N) is 5. The van der Waals surface area contributed by atoms with Crippen LogP contribution in [0.25, 0.3) is 11.1 Å². The fraction of sp³-hybridized carbons (Fsp3) is 0.528. The van der Waals surface area contributed by atoms with Crippen molar-refractivity contribution in [3.05, 3.63) is 53.6 Å². The maximum atomic E-state index is 14.1. The summed E-state index contributed by atoms with van der Waals surface area (Å²) in [5.41, 5.74) is 31.7. The highest BCUT2D eigenvalue weighted by atomic mass is 35.5. The van der Waals surface area contributed by atoms with Gasteiger partial charge in [0.2, 0.25) is 29.5 Å². The molecule has 0 saturated heterocycles. The second-order valence-electron chi connectivity index (χ2n) is 13.1. The summed E-state index contributed by atoms with van der Waals surface area (Å²) < 4.78 is 0. The number of amides is 5. The number of phenolic OH excluding ortho intramolecular Hbond substituents is 1. The molecule has 326 valence electrons. The Balaban J connectivity index is -0.00000583. The van der Waals surface area contributed by atoms with E-state index >= 15 is 0 Å². The molecule has 2 aromatic rings. The Kier molecular flexibility index (Phi) is 31.5.